The first-order valence-corrected chi connectivity index (χ1v) is 11.2. The van der Waals surface area contributed by atoms with Gasteiger partial charge in [-0.25, -0.2) is 9.98 Å². The maximum atomic E-state index is 12.6. The fourth-order valence-corrected chi connectivity index (χ4v) is 4.29. The zero-order valence-corrected chi connectivity index (χ0v) is 18.4. The highest BCUT2D eigenvalue weighted by Gasteiger charge is 2.24. The number of aromatic amines is 1. The number of nitrogens with one attached hydrogen (secondary N) is 3. The number of hydrogen-bond acceptors (Lipinski definition) is 7. The Morgan fingerprint density at radius 1 is 1.31 bits per heavy atom. The van der Waals surface area contributed by atoms with Crippen LogP contribution in [0.4, 0.5) is 22.9 Å². The summed E-state index contributed by atoms with van der Waals surface area (Å²) in [5.41, 5.74) is 3.81. The topological polar surface area (TPSA) is 123 Å². The quantitative estimate of drug-likeness (QED) is 0.440. The number of unbranched alkanes of at least 4 members (excludes halogenated alkanes) is 3. The van der Waals surface area contributed by atoms with Crippen LogP contribution in [0.25, 0.3) is 6.58 Å². The van der Waals surface area contributed by atoms with Gasteiger partial charge in [-0.1, -0.05) is 19.4 Å². The summed E-state index contributed by atoms with van der Waals surface area (Å²) >= 11 is 0. The average Bonchev–Trinajstić information content (AvgIpc) is 3.24. The van der Waals surface area contributed by atoms with Crippen LogP contribution in [0.3, 0.4) is 0 Å². The van der Waals surface area contributed by atoms with Gasteiger partial charge in [0.2, 0.25) is 0 Å². The Kier molecular flexibility index (Phi) is 6.55. The van der Waals surface area contributed by atoms with Crippen molar-refractivity contribution in [3.8, 4) is 0 Å². The van der Waals surface area contributed by atoms with Gasteiger partial charge in [0, 0.05) is 31.2 Å². The van der Waals surface area contributed by atoms with Gasteiger partial charge in [0.15, 0.2) is 11.2 Å². The van der Waals surface area contributed by atoms with E-state index in [4.69, 9.17) is 5.11 Å². The molecule has 1 atom stereocenters. The Morgan fingerprint density at radius 2 is 2.12 bits per heavy atom. The van der Waals surface area contributed by atoms with Crippen LogP contribution in [-0.4, -0.2) is 46.7 Å². The van der Waals surface area contributed by atoms with Gasteiger partial charge in [0.25, 0.3) is 5.56 Å². The number of carboxylic acids is 1. The summed E-state index contributed by atoms with van der Waals surface area (Å²) in [6.45, 7) is 8.46. The van der Waals surface area contributed by atoms with Crippen LogP contribution >= 0.6 is 0 Å². The molecule has 32 heavy (non-hydrogen) atoms. The summed E-state index contributed by atoms with van der Waals surface area (Å²) < 4.78 is 0. The molecule has 0 saturated carbocycles. The summed E-state index contributed by atoms with van der Waals surface area (Å²) in [6, 6.07) is 4.50. The summed E-state index contributed by atoms with van der Waals surface area (Å²) in [5, 5.41) is 16.1. The maximum Gasteiger partial charge on any atom is 0.303 e. The molecule has 1 fully saturated rings. The molecule has 0 unspecified atom stereocenters. The lowest BCUT2D eigenvalue weighted by molar-refractivity contribution is -0.137. The minimum absolute atomic E-state index is 0.195. The van der Waals surface area contributed by atoms with E-state index in [1.165, 1.54) is 0 Å². The second kappa shape index (κ2) is 9.52. The lowest BCUT2D eigenvalue weighted by Gasteiger charge is -2.29. The number of benzene rings is 1. The SMILES string of the molecule is C=c1nc2c(c(=O)[nH]1)=Nc1cc(C)c(N[C@@H]3CCNC3)cc1N2CCCCCCC(=O)O. The number of fused-ring (bicyclic) bond motifs is 2. The van der Waals surface area contributed by atoms with E-state index in [1.807, 2.05) is 13.0 Å². The monoisotopic (exact) mass is 438 g/mol. The fourth-order valence-electron chi connectivity index (χ4n) is 4.29. The number of anilines is 3. The van der Waals surface area contributed by atoms with Crippen molar-refractivity contribution in [3.05, 3.63) is 38.9 Å². The van der Waals surface area contributed by atoms with Crippen LogP contribution in [0, 0.1) is 6.92 Å². The number of aryl methyl sites for hydroxylation is 1. The molecule has 1 aromatic carbocycles. The molecule has 0 spiro atoms. The Labute approximate surface area is 186 Å². The van der Waals surface area contributed by atoms with E-state index in [0.29, 0.717) is 35.7 Å². The van der Waals surface area contributed by atoms with Crippen molar-refractivity contribution >= 4 is 35.4 Å². The molecule has 0 radical (unpaired) electrons. The number of aromatic nitrogens is 2. The van der Waals surface area contributed by atoms with E-state index in [2.05, 4.69) is 43.1 Å². The predicted molar refractivity (Wildman–Crippen MR) is 125 cm³/mol. The summed E-state index contributed by atoms with van der Waals surface area (Å²) in [4.78, 5) is 37.1. The van der Waals surface area contributed by atoms with Crippen LogP contribution in [0.1, 0.15) is 44.1 Å². The minimum atomic E-state index is -0.759. The molecular weight excluding hydrogens is 408 g/mol. The Balaban J connectivity index is 1.63. The van der Waals surface area contributed by atoms with Crippen LogP contribution in [0.15, 0.2) is 21.9 Å². The Bertz CT molecular complexity index is 1170. The highest BCUT2D eigenvalue weighted by molar-refractivity contribution is 5.80. The third-order valence-electron chi connectivity index (χ3n) is 5.97. The van der Waals surface area contributed by atoms with Crippen LogP contribution < -0.4 is 31.9 Å². The number of rotatable bonds is 9. The standard InChI is InChI=1S/C23H30N6O3/c1-14-11-18-19(12-17(14)27-16-8-9-24-13-16)29(10-6-4-3-5-7-20(30)31)22-21(28-18)23(32)26-15(2)25-22/h11-12,16,24,27H,2-10,13H2,1H3,(H,26,32)(H,30,31)/t16-/m1/s1. The van der Waals surface area contributed by atoms with Gasteiger partial charge in [-0.2, -0.15) is 0 Å². The number of carbonyl (C=O) groups is 1. The normalized spacial score (nSPS) is 16.9. The molecule has 4 N–H and O–H groups in total. The molecular formula is C23H30N6O3. The molecule has 1 aromatic heterocycles. The lowest BCUT2D eigenvalue weighted by atomic mass is 10.1. The van der Waals surface area contributed by atoms with Crippen LogP contribution in [0.5, 0.6) is 0 Å². The predicted octanol–water partition coefficient (Wildman–Crippen LogP) is 1.70. The molecule has 2 aliphatic rings. The van der Waals surface area contributed by atoms with Crippen LogP contribution in [-0.2, 0) is 4.79 Å². The number of aliphatic carboxylic acids is 1. The summed E-state index contributed by atoms with van der Waals surface area (Å²) in [7, 11) is 0. The van der Waals surface area contributed by atoms with Gasteiger partial charge < -0.3 is 25.6 Å². The summed E-state index contributed by atoms with van der Waals surface area (Å²) in [5.74, 6) is -0.237. The molecule has 2 aliphatic heterocycles. The fraction of sp³-hybridized carbons (Fsp3) is 0.478. The van der Waals surface area contributed by atoms with Gasteiger partial charge in [-0.15, -0.1) is 0 Å². The zero-order valence-electron chi connectivity index (χ0n) is 18.4. The van der Waals surface area contributed by atoms with Crippen molar-refractivity contribution in [3.63, 3.8) is 0 Å². The van der Waals surface area contributed by atoms with Crippen molar-refractivity contribution in [2.24, 2.45) is 4.99 Å². The molecule has 0 aliphatic carbocycles. The molecule has 9 heteroatoms. The number of H-pyrrole nitrogens is 1. The highest BCUT2D eigenvalue weighted by atomic mass is 16.4. The van der Waals surface area contributed by atoms with Gasteiger partial charge in [-0.05, 0) is 50.4 Å². The molecule has 4 rings (SSSR count). The van der Waals surface area contributed by atoms with Gasteiger partial charge >= 0.3 is 5.97 Å². The first-order valence-electron chi connectivity index (χ1n) is 11.2. The average molecular weight is 439 g/mol. The molecule has 3 heterocycles. The largest absolute Gasteiger partial charge is 0.481 e. The second-order valence-electron chi connectivity index (χ2n) is 8.50. The van der Waals surface area contributed by atoms with Crippen molar-refractivity contribution in [1.29, 1.82) is 0 Å². The van der Waals surface area contributed by atoms with Gasteiger partial charge in [0.1, 0.15) is 5.48 Å². The molecule has 170 valence electrons. The van der Waals surface area contributed by atoms with E-state index >= 15 is 0 Å². The molecule has 2 aromatic rings. The third-order valence-corrected chi connectivity index (χ3v) is 5.97. The second-order valence-corrected chi connectivity index (χ2v) is 8.50. The van der Waals surface area contributed by atoms with Crippen LogP contribution in [0.2, 0.25) is 0 Å². The van der Waals surface area contributed by atoms with Crippen molar-refractivity contribution < 1.29 is 9.90 Å². The van der Waals surface area contributed by atoms with E-state index in [0.717, 1.165) is 61.4 Å². The van der Waals surface area contributed by atoms with Crippen molar-refractivity contribution in [2.45, 2.75) is 51.5 Å². The Hall–Kier alpha value is -3.20. The number of carboxylic acid groups (broad SMARTS) is 1. The Morgan fingerprint density at radius 3 is 2.88 bits per heavy atom. The van der Waals surface area contributed by atoms with Crippen molar-refractivity contribution in [1.82, 2.24) is 15.3 Å². The maximum absolute atomic E-state index is 12.6. The van der Waals surface area contributed by atoms with Crippen molar-refractivity contribution in [2.75, 3.05) is 29.9 Å². The van der Waals surface area contributed by atoms with Gasteiger partial charge in [-0.3, -0.25) is 9.59 Å². The minimum Gasteiger partial charge on any atom is -0.481 e. The molecule has 1 saturated heterocycles. The van der Waals surface area contributed by atoms with E-state index in [-0.39, 0.29) is 12.0 Å². The van der Waals surface area contributed by atoms with Gasteiger partial charge in [0.05, 0.1) is 11.4 Å². The van der Waals surface area contributed by atoms with E-state index in [1.54, 1.807) is 0 Å². The first-order chi connectivity index (χ1) is 15.4. The number of hydrogen-bond donors (Lipinski definition) is 4. The first kappa shape index (κ1) is 22.0. The third kappa shape index (κ3) is 4.83. The molecule has 0 bridgehead atoms. The number of nitrogens with zero attached hydrogens (tertiary/aromatic N) is 3. The molecule has 9 nitrogen and oxygen atoms in total. The highest BCUT2D eigenvalue weighted by Crippen LogP contribution is 2.39. The smallest absolute Gasteiger partial charge is 0.303 e. The van der Waals surface area contributed by atoms with E-state index in [9.17, 15) is 9.59 Å². The lowest BCUT2D eigenvalue weighted by Crippen LogP contribution is -2.42. The molecule has 0 amide bonds. The zero-order chi connectivity index (χ0) is 22.7. The van der Waals surface area contributed by atoms with E-state index < -0.39 is 5.97 Å². The summed E-state index contributed by atoms with van der Waals surface area (Å²) in [6.07, 6.45) is 4.54.